The first-order valence-electron chi connectivity index (χ1n) is 10.8. The van der Waals surface area contributed by atoms with Crippen molar-refractivity contribution in [3.05, 3.63) is 64.2 Å². The predicted molar refractivity (Wildman–Crippen MR) is 131 cm³/mol. The molecule has 0 aliphatic carbocycles. The molecule has 1 aromatic heterocycles. The number of aryl methyl sites for hydroxylation is 1. The number of hydrogen-bond donors (Lipinski definition) is 1. The Bertz CT molecular complexity index is 1300. The average molecular weight is 496 g/mol. The van der Waals surface area contributed by atoms with E-state index in [1.165, 1.54) is 30.5 Å². The predicted octanol–water partition coefficient (Wildman–Crippen LogP) is 4.28. The number of methoxy groups -OCH3 is 2. The van der Waals surface area contributed by atoms with Crippen LogP contribution in [-0.4, -0.2) is 47.3 Å². The molecule has 3 aromatic rings. The number of rotatable bonds is 7. The molecule has 0 bridgehead atoms. The molecule has 35 heavy (non-hydrogen) atoms. The number of Topliss-reactive ketones (excluding diaryl/α,β-unsaturated/α-hetero) is 1. The number of carbonyl (C=O) groups is 2. The van der Waals surface area contributed by atoms with Crippen LogP contribution in [0.15, 0.2) is 48.0 Å². The van der Waals surface area contributed by atoms with E-state index in [9.17, 15) is 14.7 Å². The third-order valence-corrected chi connectivity index (χ3v) is 6.23. The molecule has 182 valence electrons. The summed E-state index contributed by atoms with van der Waals surface area (Å²) in [5.41, 5.74) is 0.849. The van der Waals surface area contributed by atoms with Crippen molar-refractivity contribution >= 4 is 33.9 Å². The number of ketones is 1. The molecule has 0 saturated carbocycles. The molecule has 1 saturated heterocycles. The number of nitrogens with zero attached hydrogens (tertiary/aromatic N) is 3. The number of carbonyl (C=O) groups excluding carboxylic acids is 2. The van der Waals surface area contributed by atoms with E-state index in [0.717, 1.165) is 0 Å². The maximum atomic E-state index is 13.3. The maximum Gasteiger partial charge on any atom is 0.301 e. The molecule has 1 amide bonds. The first-order valence-corrected chi connectivity index (χ1v) is 11.7. The van der Waals surface area contributed by atoms with Crippen molar-refractivity contribution < 1.29 is 28.9 Å². The van der Waals surface area contributed by atoms with Crippen molar-refractivity contribution in [3.63, 3.8) is 0 Å². The van der Waals surface area contributed by atoms with Crippen molar-refractivity contribution in [1.82, 2.24) is 10.2 Å². The highest BCUT2D eigenvalue weighted by molar-refractivity contribution is 7.15. The molecular weight excluding hydrogens is 470 g/mol. The highest BCUT2D eigenvalue weighted by Gasteiger charge is 2.48. The molecule has 1 N–H and O–H groups in total. The molecule has 1 aliphatic heterocycles. The zero-order valence-corrected chi connectivity index (χ0v) is 20.8. The summed E-state index contributed by atoms with van der Waals surface area (Å²) < 4.78 is 16.4. The molecule has 1 atom stereocenters. The first-order chi connectivity index (χ1) is 16.7. The van der Waals surface area contributed by atoms with Gasteiger partial charge in [0.1, 0.15) is 16.5 Å². The van der Waals surface area contributed by atoms with E-state index in [1.807, 2.05) is 13.8 Å². The lowest BCUT2D eigenvalue weighted by molar-refractivity contribution is -0.132. The minimum atomic E-state index is -0.950. The van der Waals surface area contributed by atoms with Crippen molar-refractivity contribution in [2.24, 2.45) is 0 Å². The van der Waals surface area contributed by atoms with Gasteiger partial charge in [0.25, 0.3) is 5.78 Å². The highest BCUT2D eigenvalue weighted by atomic mass is 32.1. The molecule has 2 heterocycles. The molecule has 9 nitrogen and oxygen atoms in total. The van der Waals surface area contributed by atoms with Crippen LogP contribution in [-0.2, 0) is 9.59 Å². The monoisotopic (exact) mass is 495 g/mol. The normalized spacial score (nSPS) is 17.2. The van der Waals surface area contributed by atoms with Gasteiger partial charge in [0, 0.05) is 5.56 Å². The van der Waals surface area contributed by atoms with E-state index < -0.39 is 17.7 Å². The number of aliphatic hydroxyl groups excluding tert-OH is 1. The summed E-state index contributed by atoms with van der Waals surface area (Å²) in [5.74, 6) is -0.402. The first kappa shape index (κ1) is 24.2. The Hall–Kier alpha value is -3.92. The lowest BCUT2D eigenvalue weighted by atomic mass is 9.95. The molecule has 0 radical (unpaired) electrons. The van der Waals surface area contributed by atoms with Crippen LogP contribution in [0.1, 0.15) is 36.0 Å². The van der Waals surface area contributed by atoms with Gasteiger partial charge in [-0.25, -0.2) is 0 Å². The summed E-state index contributed by atoms with van der Waals surface area (Å²) in [6, 6.07) is 10.8. The van der Waals surface area contributed by atoms with Gasteiger partial charge in [0.2, 0.25) is 5.13 Å². The van der Waals surface area contributed by atoms with Crippen LogP contribution in [0.2, 0.25) is 0 Å². The minimum absolute atomic E-state index is 0.0137. The number of aliphatic hydroxyl groups is 1. The lowest BCUT2D eigenvalue weighted by Crippen LogP contribution is -2.29. The van der Waals surface area contributed by atoms with Gasteiger partial charge in [-0.1, -0.05) is 17.4 Å². The van der Waals surface area contributed by atoms with Crippen LogP contribution in [0.25, 0.3) is 5.76 Å². The Morgan fingerprint density at radius 1 is 1.03 bits per heavy atom. The van der Waals surface area contributed by atoms with E-state index in [1.54, 1.807) is 49.4 Å². The summed E-state index contributed by atoms with van der Waals surface area (Å²) in [4.78, 5) is 27.7. The number of aromatic nitrogens is 2. The Morgan fingerprint density at radius 3 is 2.29 bits per heavy atom. The lowest BCUT2D eigenvalue weighted by Gasteiger charge is -2.23. The topological polar surface area (TPSA) is 111 Å². The summed E-state index contributed by atoms with van der Waals surface area (Å²) in [5, 5.41) is 20.2. The van der Waals surface area contributed by atoms with Crippen molar-refractivity contribution in [1.29, 1.82) is 0 Å². The molecule has 10 heteroatoms. The molecule has 1 aliphatic rings. The SMILES string of the molecule is COc1ccc([C@H]2/C(=C(\O)c3ccc(OC(C)C)cc3)C(=O)C(=O)N2c2nnc(C)s2)cc1OC. The third kappa shape index (κ3) is 4.57. The van der Waals surface area contributed by atoms with E-state index >= 15 is 0 Å². The Balaban J connectivity index is 1.88. The molecule has 0 unspecified atom stereocenters. The number of benzene rings is 2. The van der Waals surface area contributed by atoms with Gasteiger partial charge in [0.15, 0.2) is 11.5 Å². The number of anilines is 1. The molecule has 2 aromatic carbocycles. The van der Waals surface area contributed by atoms with Gasteiger partial charge >= 0.3 is 5.91 Å². The minimum Gasteiger partial charge on any atom is -0.507 e. The average Bonchev–Trinajstić information content (AvgIpc) is 3.38. The Kier molecular flexibility index (Phi) is 6.74. The molecule has 0 spiro atoms. The van der Waals surface area contributed by atoms with E-state index in [2.05, 4.69) is 10.2 Å². The fraction of sp³-hybridized carbons (Fsp3) is 0.280. The number of amides is 1. The van der Waals surface area contributed by atoms with Crippen LogP contribution in [0.4, 0.5) is 5.13 Å². The van der Waals surface area contributed by atoms with E-state index in [-0.39, 0.29) is 22.6 Å². The fourth-order valence-electron chi connectivity index (χ4n) is 3.87. The standard InChI is InChI=1S/C25H25N3O6S/c1-13(2)34-17-9-6-15(7-10-17)22(29)20-21(16-8-11-18(32-4)19(12-16)33-5)28(24(31)23(20)30)25-27-26-14(3)35-25/h6-13,21,29H,1-5H3/b22-20+/t21-/m0/s1. The third-order valence-electron chi connectivity index (χ3n) is 5.39. The molecule has 4 rings (SSSR count). The second kappa shape index (κ2) is 9.75. The summed E-state index contributed by atoms with van der Waals surface area (Å²) in [6.07, 6.45) is -0.0137. The van der Waals surface area contributed by atoms with Crippen LogP contribution in [0.3, 0.4) is 0 Å². The van der Waals surface area contributed by atoms with Gasteiger partial charge in [-0.3, -0.25) is 14.5 Å². The summed E-state index contributed by atoms with van der Waals surface area (Å²) in [6.45, 7) is 5.57. The molecular formula is C25H25N3O6S. The van der Waals surface area contributed by atoms with E-state index in [4.69, 9.17) is 14.2 Å². The highest BCUT2D eigenvalue weighted by Crippen LogP contribution is 2.44. The molecule has 1 fully saturated rings. The second-order valence-corrected chi connectivity index (χ2v) is 9.24. The number of hydrogen-bond acceptors (Lipinski definition) is 9. The second-order valence-electron chi connectivity index (χ2n) is 8.08. The van der Waals surface area contributed by atoms with Crippen LogP contribution >= 0.6 is 11.3 Å². The smallest absolute Gasteiger partial charge is 0.301 e. The summed E-state index contributed by atoms with van der Waals surface area (Å²) >= 11 is 1.18. The van der Waals surface area contributed by atoms with Crippen LogP contribution < -0.4 is 19.1 Å². The van der Waals surface area contributed by atoms with Crippen LogP contribution in [0.5, 0.6) is 17.2 Å². The van der Waals surface area contributed by atoms with Gasteiger partial charge < -0.3 is 19.3 Å². The van der Waals surface area contributed by atoms with Gasteiger partial charge in [-0.05, 0) is 62.7 Å². The van der Waals surface area contributed by atoms with Gasteiger partial charge in [0.05, 0.1) is 31.9 Å². The Labute approximate surface area is 206 Å². The van der Waals surface area contributed by atoms with Gasteiger partial charge in [-0.15, -0.1) is 10.2 Å². The number of ether oxygens (including phenoxy) is 3. The Morgan fingerprint density at radius 2 is 1.71 bits per heavy atom. The summed E-state index contributed by atoms with van der Waals surface area (Å²) in [7, 11) is 3.01. The van der Waals surface area contributed by atoms with Crippen molar-refractivity contribution in [2.45, 2.75) is 32.9 Å². The largest absolute Gasteiger partial charge is 0.507 e. The zero-order valence-electron chi connectivity index (χ0n) is 19.9. The van der Waals surface area contributed by atoms with E-state index in [0.29, 0.717) is 33.4 Å². The van der Waals surface area contributed by atoms with Gasteiger partial charge in [-0.2, -0.15) is 0 Å². The van der Waals surface area contributed by atoms with Crippen molar-refractivity contribution in [2.75, 3.05) is 19.1 Å². The van der Waals surface area contributed by atoms with Crippen LogP contribution in [0, 0.1) is 6.92 Å². The fourth-order valence-corrected chi connectivity index (χ4v) is 4.58. The zero-order chi connectivity index (χ0) is 25.3. The quantitative estimate of drug-likeness (QED) is 0.294. The van der Waals surface area contributed by atoms with Crippen molar-refractivity contribution in [3.8, 4) is 17.2 Å². The maximum absolute atomic E-state index is 13.3.